The van der Waals surface area contributed by atoms with Crippen molar-refractivity contribution in [1.82, 2.24) is 0 Å². The van der Waals surface area contributed by atoms with Crippen LogP contribution >= 0.6 is 0 Å². The zero-order valence-corrected chi connectivity index (χ0v) is 7.17. The second-order valence-electron chi connectivity index (χ2n) is 2.36. The van der Waals surface area contributed by atoms with E-state index < -0.39 is 0 Å². The second-order valence-corrected chi connectivity index (χ2v) is 2.36. The van der Waals surface area contributed by atoms with Crippen molar-refractivity contribution in [2.45, 2.75) is 0 Å². The summed E-state index contributed by atoms with van der Waals surface area (Å²) in [5.41, 5.74) is 0.490. The van der Waals surface area contributed by atoms with Crippen LogP contribution in [0.1, 0.15) is 0 Å². The minimum absolute atomic E-state index is 0.125. The highest BCUT2D eigenvalue weighted by molar-refractivity contribution is 5.56. The van der Waals surface area contributed by atoms with E-state index in [9.17, 15) is 4.39 Å². The molecule has 0 aliphatic carbocycles. The van der Waals surface area contributed by atoms with Crippen molar-refractivity contribution in [2.75, 3.05) is 19.0 Å². The highest BCUT2D eigenvalue weighted by Crippen LogP contribution is 2.24. The summed E-state index contributed by atoms with van der Waals surface area (Å²) in [5.74, 6) is 0.165. The quantitative estimate of drug-likeness (QED) is 0.721. The number of hydrogen-bond acceptors (Lipinski definition) is 3. The highest BCUT2D eigenvalue weighted by Gasteiger charge is 2.02. The third kappa shape index (κ3) is 2.34. The van der Waals surface area contributed by atoms with Crippen molar-refractivity contribution < 1.29 is 9.13 Å². The average Bonchev–Trinajstić information content (AvgIpc) is 2.15. The molecule has 0 aromatic heterocycles. The number of ether oxygens (including phenoxy) is 1. The Balaban J connectivity index is 2.89. The lowest BCUT2D eigenvalue weighted by molar-refractivity contribution is 0.415. The molecule has 0 aliphatic rings. The van der Waals surface area contributed by atoms with E-state index >= 15 is 0 Å². The molecule has 0 bridgehead atoms. The van der Waals surface area contributed by atoms with Gasteiger partial charge in [-0.05, 0) is 12.1 Å². The summed E-state index contributed by atoms with van der Waals surface area (Å²) >= 11 is 0. The van der Waals surface area contributed by atoms with Crippen molar-refractivity contribution in [3.05, 3.63) is 24.0 Å². The smallest absolute Gasteiger partial charge is 0.142 e. The summed E-state index contributed by atoms with van der Waals surface area (Å²) in [6.45, 7) is 0.125. The monoisotopic (exact) mass is 180 g/mol. The van der Waals surface area contributed by atoms with E-state index in [1.54, 1.807) is 0 Å². The number of hydrogen-bond donors (Lipinski definition) is 1. The predicted molar refractivity (Wildman–Crippen MR) is 47.1 cm³/mol. The largest absolute Gasteiger partial charge is 0.495 e. The van der Waals surface area contributed by atoms with Gasteiger partial charge in [0.15, 0.2) is 0 Å². The molecular weight excluding hydrogens is 171 g/mol. The first kappa shape index (κ1) is 9.33. The van der Waals surface area contributed by atoms with Crippen LogP contribution in [0.3, 0.4) is 0 Å². The Morgan fingerprint density at radius 1 is 1.62 bits per heavy atom. The van der Waals surface area contributed by atoms with Crippen LogP contribution in [0.15, 0.2) is 18.2 Å². The molecule has 13 heavy (non-hydrogen) atoms. The Labute approximate surface area is 75.7 Å². The third-order valence-electron chi connectivity index (χ3n) is 1.52. The maximum Gasteiger partial charge on any atom is 0.142 e. The van der Waals surface area contributed by atoms with Gasteiger partial charge >= 0.3 is 0 Å². The van der Waals surface area contributed by atoms with Gasteiger partial charge in [0.05, 0.1) is 18.9 Å². The Morgan fingerprint density at radius 2 is 2.38 bits per heavy atom. The fourth-order valence-electron chi connectivity index (χ4n) is 0.953. The van der Waals surface area contributed by atoms with E-state index in [0.717, 1.165) is 0 Å². The number of halogens is 1. The Morgan fingerprint density at radius 3 is 3.00 bits per heavy atom. The molecule has 0 fully saturated rings. The zero-order chi connectivity index (χ0) is 9.68. The van der Waals surface area contributed by atoms with Crippen LogP contribution in [-0.2, 0) is 0 Å². The molecule has 3 nitrogen and oxygen atoms in total. The van der Waals surface area contributed by atoms with Gasteiger partial charge in [-0.25, -0.2) is 4.39 Å². The Kier molecular flexibility index (Phi) is 3.09. The topological polar surface area (TPSA) is 45.0 Å². The number of benzene rings is 1. The van der Waals surface area contributed by atoms with Crippen molar-refractivity contribution in [2.24, 2.45) is 0 Å². The van der Waals surface area contributed by atoms with E-state index in [-0.39, 0.29) is 12.4 Å². The minimum atomic E-state index is -0.360. The Hall–Kier alpha value is -1.76. The molecule has 4 heteroatoms. The second kappa shape index (κ2) is 4.31. The minimum Gasteiger partial charge on any atom is -0.495 e. The lowest BCUT2D eigenvalue weighted by atomic mass is 10.3. The van der Waals surface area contributed by atoms with Crippen LogP contribution in [-0.4, -0.2) is 13.7 Å². The number of anilines is 1. The fourth-order valence-corrected chi connectivity index (χ4v) is 0.953. The molecule has 0 spiro atoms. The van der Waals surface area contributed by atoms with E-state index in [2.05, 4.69) is 5.32 Å². The summed E-state index contributed by atoms with van der Waals surface area (Å²) < 4.78 is 17.7. The molecule has 0 saturated heterocycles. The van der Waals surface area contributed by atoms with Gasteiger partial charge in [0.25, 0.3) is 0 Å². The van der Waals surface area contributed by atoms with Crippen molar-refractivity contribution >= 4 is 5.69 Å². The maximum atomic E-state index is 12.7. The van der Waals surface area contributed by atoms with Crippen molar-refractivity contribution in [3.63, 3.8) is 0 Å². The van der Waals surface area contributed by atoms with Gasteiger partial charge in [0.1, 0.15) is 18.1 Å². The molecule has 0 atom stereocenters. The van der Waals surface area contributed by atoms with Crippen LogP contribution < -0.4 is 10.1 Å². The fraction of sp³-hybridized carbons (Fsp3) is 0.222. The number of nitriles is 1. The first-order valence-corrected chi connectivity index (χ1v) is 3.72. The van der Waals surface area contributed by atoms with Crippen molar-refractivity contribution in [3.8, 4) is 11.8 Å². The predicted octanol–water partition coefficient (Wildman–Crippen LogP) is 1.77. The standard InChI is InChI=1S/C9H9FN2O/c1-13-9-3-2-7(10)6-8(9)12-5-4-11/h2-3,6,12H,5H2,1H3. The highest BCUT2D eigenvalue weighted by atomic mass is 19.1. The number of nitrogens with zero attached hydrogens (tertiary/aromatic N) is 1. The zero-order valence-electron chi connectivity index (χ0n) is 7.17. The van der Waals surface area contributed by atoms with Gasteiger partial charge < -0.3 is 10.1 Å². The summed E-state index contributed by atoms with van der Waals surface area (Å²) in [4.78, 5) is 0. The number of methoxy groups -OCH3 is 1. The summed E-state index contributed by atoms with van der Waals surface area (Å²) in [5, 5.41) is 11.0. The Bertz CT molecular complexity index is 333. The molecule has 0 aliphatic heterocycles. The maximum absolute atomic E-state index is 12.7. The first-order chi connectivity index (χ1) is 6.27. The van der Waals surface area contributed by atoms with E-state index in [0.29, 0.717) is 11.4 Å². The molecule has 1 N–H and O–H groups in total. The van der Waals surface area contributed by atoms with E-state index in [4.69, 9.17) is 10.00 Å². The summed E-state index contributed by atoms with van der Waals surface area (Å²) in [6, 6.07) is 6.00. The molecule has 0 radical (unpaired) electrons. The third-order valence-corrected chi connectivity index (χ3v) is 1.52. The molecule has 1 aromatic carbocycles. The van der Waals surface area contributed by atoms with Crippen LogP contribution in [0.4, 0.5) is 10.1 Å². The average molecular weight is 180 g/mol. The number of rotatable bonds is 3. The SMILES string of the molecule is COc1ccc(F)cc1NCC#N. The van der Waals surface area contributed by atoms with Gasteiger partial charge in [0.2, 0.25) is 0 Å². The molecule has 1 aromatic rings. The first-order valence-electron chi connectivity index (χ1n) is 3.72. The molecular formula is C9H9FN2O. The normalized spacial score (nSPS) is 9.00. The van der Waals surface area contributed by atoms with Crippen LogP contribution in [0.2, 0.25) is 0 Å². The van der Waals surface area contributed by atoms with E-state index in [1.165, 1.54) is 25.3 Å². The van der Waals surface area contributed by atoms with Crippen LogP contribution in [0.5, 0.6) is 5.75 Å². The lowest BCUT2D eigenvalue weighted by Gasteiger charge is -2.07. The molecule has 0 saturated carbocycles. The van der Waals surface area contributed by atoms with Crippen LogP contribution in [0.25, 0.3) is 0 Å². The molecule has 0 amide bonds. The van der Waals surface area contributed by atoms with Gasteiger partial charge in [-0.15, -0.1) is 0 Å². The summed E-state index contributed by atoms with van der Waals surface area (Å²) in [7, 11) is 1.49. The van der Waals surface area contributed by atoms with Gasteiger partial charge in [0, 0.05) is 6.07 Å². The summed E-state index contributed by atoms with van der Waals surface area (Å²) in [6.07, 6.45) is 0. The van der Waals surface area contributed by atoms with Crippen molar-refractivity contribution in [1.29, 1.82) is 5.26 Å². The van der Waals surface area contributed by atoms with E-state index in [1.807, 2.05) is 6.07 Å². The molecule has 1 rings (SSSR count). The number of nitrogens with one attached hydrogen (secondary N) is 1. The molecule has 0 unspecified atom stereocenters. The van der Waals surface area contributed by atoms with Gasteiger partial charge in [-0.3, -0.25) is 0 Å². The van der Waals surface area contributed by atoms with Crippen LogP contribution in [0, 0.1) is 17.1 Å². The molecule has 0 heterocycles. The van der Waals surface area contributed by atoms with Gasteiger partial charge in [-0.2, -0.15) is 5.26 Å². The molecule has 68 valence electrons. The lowest BCUT2D eigenvalue weighted by Crippen LogP contribution is -2.01. The van der Waals surface area contributed by atoms with Gasteiger partial charge in [-0.1, -0.05) is 0 Å².